The number of hydrogen-bond donors (Lipinski definition) is 0. The maximum Gasteiger partial charge on any atom is 0.330 e. The predicted molar refractivity (Wildman–Crippen MR) is 116 cm³/mol. The molecule has 8 heteroatoms. The zero-order valence-electron chi connectivity index (χ0n) is 16.7. The molecule has 0 saturated heterocycles. The highest BCUT2D eigenvalue weighted by Crippen LogP contribution is 2.42. The third-order valence-corrected chi connectivity index (χ3v) is 6.15. The molecule has 4 rings (SSSR count). The van der Waals surface area contributed by atoms with E-state index in [-0.39, 0.29) is 16.1 Å². The Hall–Kier alpha value is -3.78. The molecule has 3 aromatic carbocycles. The fraction of sp³-hybridized carbons (Fsp3) is 0.0870. The lowest BCUT2D eigenvalue weighted by Gasteiger charge is -2.20. The van der Waals surface area contributed by atoms with Crippen molar-refractivity contribution in [3.8, 4) is 0 Å². The van der Waals surface area contributed by atoms with Gasteiger partial charge in [0.2, 0.25) is 0 Å². The Morgan fingerprint density at radius 2 is 1.71 bits per heavy atom. The highest BCUT2D eigenvalue weighted by molar-refractivity contribution is 7.90. The van der Waals surface area contributed by atoms with Crippen molar-refractivity contribution in [2.75, 3.05) is 18.3 Å². The maximum absolute atomic E-state index is 13.0. The summed E-state index contributed by atoms with van der Waals surface area (Å²) in [4.78, 5) is 38.4. The van der Waals surface area contributed by atoms with Crippen LogP contribution in [0.2, 0.25) is 0 Å². The number of hydrogen-bond acceptors (Lipinski definition) is 6. The van der Waals surface area contributed by atoms with E-state index in [1.54, 1.807) is 12.1 Å². The van der Waals surface area contributed by atoms with Gasteiger partial charge in [-0.2, -0.15) is 0 Å². The molecule has 0 aliphatic carbocycles. The first-order chi connectivity index (χ1) is 14.7. The van der Waals surface area contributed by atoms with Crippen LogP contribution in [0.4, 0.5) is 11.4 Å². The number of amides is 1. The van der Waals surface area contributed by atoms with Crippen LogP contribution >= 0.6 is 0 Å². The molecule has 0 aromatic heterocycles. The topological polar surface area (TPSA) is 97.8 Å². The van der Waals surface area contributed by atoms with Gasteiger partial charge in [0.15, 0.2) is 9.84 Å². The molecule has 0 saturated carbocycles. The molecule has 1 aliphatic heterocycles. The minimum Gasteiger partial charge on any atom is -0.466 e. The molecule has 7 nitrogen and oxygen atoms in total. The second-order valence-corrected chi connectivity index (χ2v) is 8.99. The maximum atomic E-state index is 13.0. The summed E-state index contributed by atoms with van der Waals surface area (Å²) < 4.78 is 29.2. The lowest BCUT2D eigenvalue weighted by Crippen LogP contribution is -2.25. The fourth-order valence-electron chi connectivity index (χ4n) is 3.59. The van der Waals surface area contributed by atoms with Crippen molar-refractivity contribution >= 4 is 55.7 Å². The van der Waals surface area contributed by atoms with Crippen molar-refractivity contribution in [1.82, 2.24) is 0 Å². The molecule has 0 spiro atoms. The van der Waals surface area contributed by atoms with Gasteiger partial charge in [0, 0.05) is 12.3 Å². The van der Waals surface area contributed by atoms with Gasteiger partial charge < -0.3 is 4.74 Å². The van der Waals surface area contributed by atoms with Crippen molar-refractivity contribution in [3.63, 3.8) is 0 Å². The first kappa shape index (κ1) is 20.5. The van der Waals surface area contributed by atoms with Crippen LogP contribution in [0.25, 0.3) is 16.8 Å². The molecule has 0 N–H and O–H groups in total. The van der Waals surface area contributed by atoms with Gasteiger partial charge in [-0.3, -0.25) is 14.5 Å². The summed E-state index contributed by atoms with van der Waals surface area (Å²) >= 11 is 0. The molecule has 0 unspecified atom stereocenters. The first-order valence-corrected chi connectivity index (χ1v) is 11.1. The summed E-state index contributed by atoms with van der Waals surface area (Å²) in [5, 5.41) is 1.79. The summed E-state index contributed by atoms with van der Waals surface area (Å²) in [5.74, 6) is -2.42. The monoisotopic (exact) mass is 435 g/mol. The van der Waals surface area contributed by atoms with Gasteiger partial charge >= 0.3 is 11.9 Å². The van der Waals surface area contributed by atoms with Crippen molar-refractivity contribution in [1.29, 1.82) is 0 Å². The molecule has 3 aromatic rings. The number of Topliss-reactive ketones (excluding diaryl/α,β-unsaturated/α-hetero) is 1. The van der Waals surface area contributed by atoms with Gasteiger partial charge in [-0.1, -0.05) is 36.4 Å². The number of ether oxygens (including phenoxy) is 1. The van der Waals surface area contributed by atoms with E-state index in [2.05, 4.69) is 4.74 Å². The number of carbonyl (C=O) groups excluding carboxylic acids is 3. The molecule has 1 aliphatic rings. The number of rotatable bonds is 4. The second-order valence-electron chi connectivity index (χ2n) is 7.01. The Morgan fingerprint density at radius 3 is 2.39 bits per heavy atom. The minimum absolute atomic E-state index is 0.119. The molecule has 0 atom stereocenters. The van der Waals surface area contributed by atoms with Gasteiger partial charge in [0.1, 0.15) is 0 Å². The van der Waals surface area contributed by atoms with Gasteiger partial charge in [-0.25, -0.2) is 13.2 Å². The molecule has 0 fully saturated rings. The van der Waals surface area contributed by atoms with Crippen LogP contribution in [0.5, 0.6) is 0 Å². The van der Waals surface area contributed by atoms with Crippen LogP contribution < -0.4 is 4.90 Å². The summed E-state index contributed by atoms with van der Waals surface area (Å²) in [5.41, 5.74) is 0.662. The molecule has 0 radical (unpaired) electrons. The second kappa shape index (κ2) is 7.48. The van der Waals surface area contributed by atoms with Crippen LogP contribution in [0.3, 0.4) is 0 Å². The predicted octanol–water partition coefficient (Wildman–Crippen LogP) is 3.29. The van der Waals surface area contributed by atoms with Crippen LogP contribution in [0, 0.1) is 0 Å². The Kier molecular flexibility index (Phi) is 4.94. The van der Waals surface area contributed by atoms with E-state index in [0.29, 0.717) is 11.3 Å². The molecule has 31 heavy (non-hydrogen) atoms. The van der Waals surface area contributed by atoms with Crippen LogP contribution in [-0.4, -0.2) is 39.4 Å². The molecular formula is C23H17NO6S. The third-order valence-electron chi connectivity index (χ3n) is 5.01. The Bertz CT molecular complexity index is 1400. The van der Waals surface area contributed by atoms with E-state index < -0.39 is 27.5 Å². The first-order valence-electron chi connectivity index (χ1n) is 9.23. The highest BCUT2D eigenvalue weighted by Gasteiger charge is 2.42. The quantitative estimate of drug-likeness (QED) is 0.354. The zero-order chi connectivity index (χ0) is 22.3. The largest absolute Gasteiger partial charge is 0.466 e. The van der Waals surface area contributed by atoms with E-state index in [9.17, 15) is 22.8 Å². The molecule has 1 amide bonds. The molecular weight excluding hydrogens is 418 g/mol. The van der Waals surface area contributed by atoms with Crippen molar-refractivity contribution in [3.05, 3.63) is 71.8 Å². The number of sulfone groups is 1. The van der Waals surface area contributed by atoms with E-state index in [0.717, 1.165) is 23.1 Å². The van der Waals surface area contributed by atoms with Crippen LogP contribution in [0.15, 0.2) is 65.6 Å². The summed E-state index contributed by atoms with van der Waals surface area (Å²) in [7, 11) is -2.57. The van der Waals surface area contributed by atoms with Gasteiger partial charge in [0.25, 0.3) is 5.78 Å². The molecule has 0 bridgehead atoms. The SMILES string of the molecule is COC(=O)C=Cc1ccc(S(C)(=O)=O)c2c1N(c1ccc3ccccc3c1)C(=O)C2=O. The normalized spacial score (nSPS) is 13.8. The van der Waals surface area contributed by atoms with Crippen molar-refractivity contribution in [2.45, 2.75) is 4.90 Å². The average Bonchev–Trinajstić information content (AvgIpc) is 3.01. The number of benzene rings is 3. The number of nitrogens with zero attached hydrogens (tertiary/aromatic N) is 1. The van der Waals surface area contributed by atoms with Crippen molar-refractivity contribution in [2.24, 2.45) is 0 Å². The Morgan fingerprint density at radius 1 is 1.00 bits per heavy atom. The third kappa shape index (κ3) is 3.51. The van der Waals surface area contributed by atoms with Crippen molar-refractivity contribution < 1.29 is 27.5 Å². The molecule has 156 valence electrons. The van der Waals surface area contributed by atoms with Gasteiger partial charge in [0.05, 0.1) is 28.9 Å². The summed E-state index contributed by atoms with van der Waals surface area (Å²) in [6.45, 7) is 0. The number of carbonyl (C=O) groups is 3. The van der Waals surface area contributed by atoms with E-state index in [1.807, 2.05) is 30.3 Å². The minimum atomic E-state index is -3.79. The summed E-state index contributed by atoms with van der Waals surface area (Å²) in [6, 6.07) is 15.5. The van der Waals surface area contributed by atoms with Gasteiger partial charge in [-0.05, 0) is 40.6 Å². The Labute approximate surface area is 178 Å². The summed E-state index contributed by atoms with van der Waals surface area (Å²) in [6.07, 6.45) is 3.50. The number of fused-ring (bicyclic) bond motifs is 2. The standard InChI is InChI=1S/C23H17NO6S/c1-30-19(25)12-9-15-8-11-18(31(2,28)29)20-21(15)24(23(27)22(20)26)17-10-7-14-5-3-4-6-16(14)13-17/h3-13H,1-2H3. The van der Waals surface area contributed by atoms with Crippen LogP contribution in [-0.2, 0) is 24.2 Å². The van der Waals surface area contributed by atoms with E-state index in [1.165, 1.54) is 30.2 Å². The lowest BCUT2D eigenvalue weighted by molar-refractivity contribution is -0.134. The Balaban J connectivity index is 2.00. The zero-order valence-corrected chi connectivity index (χ0v) is 17.5. The number of anilines is 2. The highest BCUT2D eigenvalue weighted by atomic mass is 32.2. The average molecular weight is 435 g/mol. The van der Waals surface area contributed by atoms with E-state index >= 15 is 0 Å². The number of esters is 1. The van der Waals surface area contributed by atoms with Crippen LogP contribution in [0.1, 0.15) is 15.9 Å². The fourth-order valence-corrected chi connectivity index (χ4v) is 4.47. The number of ketones is 1. The van der Waals surface area contributed by atoms with E-state index in [4.69, 9.17) is 0 Å². The smallest absolute Gasteiger partial charge is 0.330 e. The number of methoxy groups -OCH3 is 1. The lowest BCUT2D eigenvalue weighted by atomic mass is 10.1. The molecule has 1 heterocycles. The van der Waals surface area contributed by atoms with Gasteiger partial charge in [-0.15, -0.1) is 0 Å².